The number of amides is 1. The van der Waals surface area contributed by atoms with Crippen molar-refractivity contribution >= 4 is 5.91 Å². The Balaban J connectivity index is 1.94. The Kier molecular flexibility index (Phi) is 5.63. The van der Waals surface area contributed by atoms with Crippen LogP contribution < -0.4 is 14.8 Å². The standard InChI is InChI=1S/C19H23NO3/c1-13-9-10-16(14(2)11-13)19(21)20-15(3)12-23-18-8-6-5-7-17(18)22-4/h5-11,15H,12H2,1-4H3,(H,20,21). The van der Waals surface area contributed by atoms with Gasteiger partial charge in [-0.2, -0.15) is 0 Å². The van der Waals surface area contributed by atoms with E-state index < -0.39 is 0 Å². The fraction of sp³-hybridized carbons (Fsp3) is 0.316. The van der Waals surface area contributed by atoms with Crippen LogP contribution in [0.2, 0.25) is 0 Å². The number of carbonyl (C=O) groups is 1. The van der Waals surface area contributed by atoms with Crippen LogP contribution in [0.3, 0.4) is 0 Å². The molecule has 0 heterocycles. The van der Waals surface area contributed by atoms with Crippen LogP contribution in [0.1, 0.15) is 28.4 Å². The Morgan fingerprint density at radius 1 is 1.13 bits per heavy atom. The largest absolute Gasteiger partial charge is 0.493 e. The van der Waals surface area contributed by atoms with Crippen LogP contribution in [-0.4, -0.2) is 25.7 Å². The maximum atomic E-state index is 12.3. The Labute approximate surface area is 137 Å². The lowest BCUT2D eigenvalue weighted by molar-refractivity contribution is 0.0925. The molecule has 0 radical (unpaired) electrons. The summed E-state index contributed by atoms with van der Waals surface area (Å²) in [6.07, 6.45) is 0. The number of ether oxygens (including phenoxy) is 2. The second kappa shape index (κ2) is 7.68. The number of carbonyl (C=O) groups excluding carboxylic acids is 1. The predicted molar refractivity (Wildman–Crippen MR) is 91.3 cm³/mol. The molecule has 0 fully saturated rings. The van der Waals surface area contributed by atoms with E-state index in [0.29, 0.717) is 23.7 Å². The molecule has 4 nitrogen and oxygen atoms in total. The van der Waals surface area contributed by atoms with Crippen LogP contribution in [0.25, 0.3) is 0 Å². The van der Waals surface area contributed by atoms with E-state index in [9.17, 15) is 4.79 Å². The molecule has 1 unspecified atom stereocenters. The third-order valence-corrected chi connectivity index (χ3v) is 3.56. The van der Waals surface area contributed by atoms with Crippen LogP contribution in [0.5, 0.6) is 11.5 Å². The summed E-state index contributed by atoms with van der Waals surface area (Å²) in [5, 5.41) is 2.96. The van der Waals surface area contributed by atoms with Gasteiger partial charge in [-0.1, -0.05) is 29.8 Å². The number of benzene rings is 2. The van der Waals surface area contributed by atoms with Gasteiger partial charge in [0.1, 0.15) is 6.61 Å². The van der Waals surface area contributed by atoms with Crippen LogP contribution in [-0.2, 0) is 0 Å². The molecule has 0 aliphatic carbocycles. The van der Waals surface area contributed by atoms with Crippen LogP contribution in [0, 0.1) is 13.8 Å². The minimum absolute atomic E-state index is 0.0846. The normalized spacial score (nSPS) is 11.7. The molecule has 4 heteroatoms. The van der Waals surface area contributed by atoms with Gasteiger partial charge in [-0.15, -0.1) is 0 Å². The third kappa shape index (κ3) is 4.49. The summed E-state index contributed by atoms with van der Waals surface area (Å²) in [7, 11) is 1.60. The van der Waals surface area contributed by atoms with Crippen molar-refractivity contribution in [3.05, 3.63) is 59.2 Å². The lowest BCUT2D eigenvalue weighted by Gasteiger charge is -2.17. The fourth-order valence-corrected chi connectivity index (χ4v) is 2.36. The number of methoxy groups -OCH3 is 1. The van der Waals surface area contributed by atoms with Gasteiger partial charge in [0.05, 0.1) is 13.2 Å². The second-order valence-corrected chi connectivity index (χ2v) is 5.65. The first-order valence-electron chi connectivity index (χ1n) is 7.65. The third-order valence-electron chi connectivity index (χ3n) is 3.56. The minimum Gasteiger partial charge on any atom is -0.493 e. The highest BCUT2D eigenvalue weighted by molar-refractivity contribution is 5.95. The lowest BCUT2D eigenvalue weighted by Crippen LogP contribution is -2.37. The van der Waals surface area contributed by atoms with Gasteiger partial charge in [0.2, 0.25) is 0 Å². The molecule has 2 aromatic rings. The molecule has 0 aromatic heterocycles. The summed E-state index contributed by atoms with van der Waals surface area (Å²) in [5.41, 5.74) is 2.81. The Morgan fingerprint density at radius 2 is 1.83 bits per heavy atom. The van der Waals surface area contributed by atoms with Crippen LogP contribution in [0.15, 0.2) is 42.5 Å². The van der Waals surface area contributed by atoms with Gasteiger partial charge in [0.25, 0.3) is 5.91 Å². The van der Waals surface area contributed by atoms with Gasteiger partial charge in [0, 0.05) is 5.56 Å². The molecule has 1 atom stereocenters. The van der Waals surface area contributed by atoms with Crippen molar-refractivity contribution in [2.75, 3.05) is 13.7 Å². The van der Waals surface area contributed by atoms with Gasteiger partial charge in [-0.05, 0) is 44.5 Å². The molecule has 2 aromatic carbocycles. The lowest BCUT2D eigenvalue weighted by atomic mass is 10.1. The maximum Gasteiger partial charge on any atom is 0.251 e. The molecular formula is C19H23NO3. The number of nitrogens with one attached hydrogen (secondary N) is 1. The smallest absolute Gasteiger partial charge is 0.251 e. The number of hydrogen-bond donors (Lipinski definition) is 1. The van der Waals surface area contributed by atoms with Crippen molar-refractivity contribution < 1.29 is 14.3 Å². The van der Waals surface area contributed by atoms with Crippen LogP contribution >= 0.6 is 0 Å². The molecule has 0 spiro atoms. The van der Waals surface area contributed by atoms with Crippen molar-refractivity contribution in [1.82, 2.24) is 5.32 Å². The number of aryl methyl sites for hydroxylation is 2. The molecule has 1 amide bonds. The van der Waals surface area contributed by atoms with Gasteiger partial charge < -0.3 is 14.8 Å². The average Bonchev–Trinajstić information content (AvgIpc) is 2.53. The highest BCUT2D eigenvalue weighted by Crippen LogP contribution is 2.25. The molecular weight excluding hydrogens is 290 g/mol. The zero-order valence-electron chi connectivity index (χ0n) is 14.1. The Bertz CT molecular complexity index is 682. The molecule has 122 valence electrons. The van der Waals surface area contributed by atoms with Crippen molar-refractivity contribution in [3.63, 3.8) is 0 Å². The zero-order valence-corrected chi connectivity index (χ0v) is 14.1. The van der Waals surface area contributed by atoms with E-state index in [1.54, 1.807) is 7.11 Å². The number of hydrogen-bond acceptors (Lipinski definition) is 3. The first-order chi connectivity index (χ1) is 11.0. The van der Waals surface area contributed by atoms with E-state index in [0.717, 1.165) is 11.1 Å². The van der Waals surface area contributed by atoms with Crippen LogP contribution in [0.4, 0.5) is 0 Å². The van der Waals surface area contributed by atoms with E-state index in [1.165, 1.54) is 0 Å². The number of para-hydroxylation sites is 2. The van der Waals surface area contributed by atoms with E-state index >= 15 is 0 Å². The van der Waals surface area contributed by atoms with Gasteiger partial charge in [-0.25, -0.2) is 0 Å². The Morgan fingerprint density at radius 3 is 2.48 bits per heavy atom. The molecule has 2 rings (SSSR count). The fourth-order valence-electron chi connectivity index (χ4n) is 2.36. The quantitative estimate of drug-likeness (QED) is 0.888. The average molecular weight is 313 g/mol. The van der Waals surface area contributed by atoms with E-state index in [1.807, 2.05) is 63.2 Å². The molecule has 1 N–H and O–H groups in total. The van der Waals surface area contributed by atoms with Crippen molar-refractivity contribution in [3.8, 4) is 11.5 Å². The molecule has 0 aliphatic rings. The highest BCUT2D eigenvalue weighted by atomic mass is 16.5. The summed E-state index contributed by atoms with van der Waals surface area (Å²) in [5.74, 6) is 1.27. The summed E-state index contributed by atoms with van der Waals surface area (Å²) < 4.78 is 11.0. The molecule has 0 aliphatic heterocycles. The second-order valence-electron chi connectivity index (χ2n) is 5.65. The maximum absolute atomic E-state index is 12.3. The molecule has 0 saturated heterocycles. The van der Waals surface area contributed by atoms with E-state index in [4.69, 9.17) is 9.47 Å². The summed E-state index contributed by atoms with van der Waals surface area (Å²) in [6, 6.07) is 13.1. The monoisotopic (exact) mass is 313 g/mol. The topological polar surface area (TPSA) is 47.6 Å². The van der Waals surface area contributed by atoms with Crippen molar-refractivity contribution in [1.29, 1.82) is 0 Å². The SMILES string of the molecule is COc1ccccc1OCC(C)NC(=O)c1ccc(C)cc1C. The van der Waals surface area contributed by atoms with Gasteiger partial charge in [0.15, 0.2) is 11.5 Å². The highest BCUT2D eigenvalue weighted by Gasteiger charge is 2.13. The van der Waals surface area contributed by atoms with E-state index in [2.05, 4.69) is 5.32 Å². The Hall–Kier alpha value is -2.49. The van der Waals surface area contributed by atoms with Gasteiger partial charge >= 0.3 is 0 Å². The zero-order chi connectivity index (χ0) is 16.8. The van der Waals surface area contributed by atoms with Gasteiger partial charge in [-0.3, -0.25) is 4.79 Å². The van der Waals surface area contributed by atoms with Crippen molar-refractivity contribution in [2.45, 2.75) is 26.8 Å². The first-order valence-corrected chi connectivity index (χ1v) is 7.65. The predicted octanol–water partition coefficient (Wildman–Crippen LogP) is 3.51. The molecule has 23 heavy (non-hydrogen) atoms. The summed E-state index contributed by atoms with van der Waals surface area (Å²) >= 11 is 0. The first kappa shape index (κ1) is 16.9. The molecule has 0 saturated carbocycles. The van der Waals surface area contributed by atoms with E-state index in [-0.39, 0.29) is 11.9 Å². The summed E-state index contributed by atoms with van der Waals surface area (Å²) in [6.45, 7) is 6.24. The molecule has 0 bridgehead atoms. The number of rotatable bonds is 6. The minimum atomic E-state index is -0.117. The summed E-state index contributed by atoms with van der Waals surface area (Å²) in [4.78, 5) is 12.3. The van der Waals surface area contributed by atoms with Crippen molar-refractivity contribution in [2.24, 2.45) is 0 Å².